The number of hydrogen-bond donors (Lipinski definition) is 0. The predicted molar refractivity (Wildman–Crippen MR) is 85.7 cm³/mol. The van der Waals surface area contributed by atoms with E-state index >= 15 is 0 Å². The number of furan rings is 1. The minimum Gasteiger partial charge on any atom is -0.468 e. The second kappa shape index (κ2) is 6.83. The zero-order valence-electron chi connectivity index (χ0n) is 13.7. The average molecular weight is 372 g/mol. The molecule has 2 aromatic rings. The van der Waals surface area contributed by atoms with Gasteiger partial charge in [0.1, 0.15) is 22.6 Å². The van der Waals surface area contributed by atoms with Crippen LogP contribution in [-0.4, -0.2) is 43.7 Å². The molecule has 6 nitrogen and oxygen atoms in total. The number of rotatable bonds is 5. The normalized spacial score (nSPS) is 22.0. The van der Waals surface area contributed by atoms with Crippen LogP contribution in [0.4, 0.5) is 8.78 Å². The van der Waals surface area contributed by atoms with Gasteiger partial charge in [-0.05, 0) is 18.2 Å². The van der Waals surface area contributed by atoms with E-state index < -0.39 is 32.9 Å². The second-order valence-corrected chi connectivity index (χ2v) is 8.13. The summed E-state index contributed by atoms with van der Waals surface area (Å²) in [5.74, 6) is -1.05. The minimum atomic E-state index is -3.83. The Balaban J connectivity index is 1.91. The van der Waals surface area contributed by atoms with E-state index in [1.54, 1.807) is 12.1 Å². The molecular weight excluding hydrogens is 354 g/mol. The molecule has 0 N–H and O–H groups in total. The van der Waals surface area contributed by atoms with Crippen LogP contribution in [-0.2, 0) is 21.4 Å². The van der Waals surface area contributed by atoms with Crippen molar-refractivity contribution in [2.24, 2.45) is 0 Å². The van der Waals surface area contributed by atoms with Gasteiger partial charge in [-0.3, -0.25) is 4.84 Å². The molecule has 0 spiro atoms. The van der Waals surface area contributed by atoms with Crippen LogP contribution >= 0.6 is 0 Å². The van der Waals surface area contributed by atoms with E-state index in [0.29, 0.717) is 5.76 Å². The largest absolute Gasteiger partial charge is 0.468 e. The Morgan fingerprint density at radius 2 is 2.08 bits per heavy atom. The smallest absolute Gasteiger partial charge is 0.221 e. The van der Waals surface area contributed by atoms with Crippen LogP contribution in [0.3, 0.4) is 0 Å². The number of halogens is 2. The highest BCUT2D eigenvalue weighted by Crippen LogP contribution is 2.36. The standard InChI is InChI=1S/C16H18F2N2O4S/c1-19(9-12-4-3-7-23-12)25(21,22)15-10-24-20(2)16(15)13-6-5-11(17)8-14(13)18/h3-8,15-16H,9-10H2,1-2H3. The van der Waals surface area contributed by atoms with E-state index in [1.165, 1.54) is 31.5 Å². The fraction of sp³-hybridized carbons (Fsp3) is 0.375. The molecule has 3 rings (SSSR count). The molecule has 0 saturated carbocycles. The monoisotopic (exact) mass is 372 g/mol. The molecule has 1 aromatic heterocycles. The first-order valence-electron chi connectivity index (χ1n) is 7.59. The predicted octanol–water partition coefficient (Wildman–Crippen LogP) is 2.31. The first kappa shape index (κ1) is 18.0. The van der Waals surface area contributed by atoms with Crippen molar-refractivity contribution in [3.8, 4) is 0 Å². The van der Waals surface area contributed by atoms with Crippen LogP contribution in [0.5, 0.6) is 0 Å². The van der Waals surface area contributed by atoms with E-state index in [4.69, 9.17) is 9.25 Å². The fourth-order valence-electron chi connectivity index (χ4n) is 2.93. The maximum absolute atomic E-state index is 14.2. The lowest BCUT2D eigenvalue weighted by molar-refractivity contribution is -0.111. The quantitative estimate of drug-likeness (QED) is 0.806. The molecule has 1 aromatic carbocycles. The molecule has 2 unspecified atom stereocenters. The lowest BCUT2D eigenvalue weighted by Gasteiger charge is -2.26. The first-order valence-corrected chi connectivity index (χ1v) is 9.09. The van der Waals surface area contributed by atoms with E-state index in [2.05, 4.69) is 0 Å². The first-order chi connectivity index (χ1) is 11.8. The van der Waals surface area contributed by atoms with Crippen LogP contribution in [0.15, 0.2) is 41.0 Å². The lowest BCUT2D eigenvalue weighted by Crippen LogP contribution is -2.40. The van der Waals surface area contributed by atoms with Gasteiger partial charge in [0, 0.05) is 25.7 Å². The summed E-state index contributed by atoms with van der Waals surface area (Å²) in [7, 11) is -0.877. The van der Waals surface area contributed by atoms with Gasteiger partial charge in [0.2, 0.25) is 10.0 Å². The Kier molecular flexibility index (Phi) is 4.92. The van der Waals surface area contributed by atoms with Crippen molar-refractivity contribution < 1.29 is 26.5 Å². The van der Waals surface area contributed by atoms with Crippen molar-refractivity contribution in [3.63, 3.8) is 0 Å². The summed E-state index contributed by atoms with van der Waals surface area (Å²) in [6.45, 7) is -0.0724. The molecule has 9 heteroatoms. The molecule has 1 saturated heterocycles. The summed E-state index contributed by atoms with van der Waals surface area (Å²) < 4.78 is 59.6. The molecule has 0 bridgehead atoms. The molecule has 136 valence electrons. The Morgan fingerprint density at radius 1 is 1.32 bits per heavy atom. The summed E-state index contributed by atoms with van der Waals surface area (Å²) in [6.07, 6.45) is 1.46. The maximum Gasteiger partial charge on any atom is 0.221 e. The van der Waals surface area contributed by atoms with Crippen molar-refractivity contribution in [3.05, 3.63) is 59.6 Å². The second-order valence-electron chi connectivity index (χ2n) is 5.87. The fourth-order valence-corrected chi connectivity index (χ4v) is 4.57. The third-order valence-corrected chi connectivity index (χ3v) is 6.40. The number of nitrogens with zero attached hydrogens (tertiary/aromatic N) is 2. The van der Waals surface area contributed by atoms with Crippen LogP contribution in [0, 0.1) is 11.6 Å². The van der Waals surface area contributed by atoms with Crippen LogP contribution < -0.4 is 0 Å². The molecule has 0 amide bonds. The molecule has 1 aliphatic rings. The van der Waals surface area contributed by atoms with E-state index in [9.17, 15) is 17.2 Å². The molecule has 1 fully saturated rings. The Morgan fingerprint density at radius 3 is 2.72 bits per heavy atom. The maximum atomic E-state index is 14.2. The van der Waals surface area contributed by atoms with Crippen molar-refractivity contribution in [1.82, 2.24) is 9.37 Å². The van der Waals surface area contributed by atoms with Crippen molar-refractivity contribution in [2.45, 2.75) is 17.8 Å². The highest BCUT2D eigenvalue weighted by Gasteiger charge is 2.46. The summed E-state index contributed by atoms with van der Waals surface area (Å²) in [5.41, 5.74) is 0.0707. The van der Waals surface area contributed by atoms with E-state index in [0.717, 1.165) is 16.4 Å². The van der Waals surface area contributed by atoms with Crippen LogP contribution in [0.25, 0.3) is 0 Å². The van der Waals surface area contributed by atoms with Gasteiger partial charge in [-0.2, -0.15) is 9.37 Å². The van der Waals surface area contributed by atoms with Crippen molar-refractivity contribution in [1.29, 1.82) is 0 Å². The third-order valence-electron chi connectivity index (χ3n) is 4.24. The summed E-state index contributed by atoms with van der Waals surface area (Å²) >= 11 is 0. The zero-order valence-corrected chi connectivity index (χ0v) is 14.5. The zero-order chi connectivity index (χ0) is 18.2. The number of benzene rings is 1. The summed E-state index contributed by atoms with van der Waals surface area (Å²) in [5, 5.41) is 0.261. The van der Waals surface area contributed by atoms with Gasteiger partial charge in [-0.25, -0.2) is 17.2 Å². The lowest BCUT2D eigenvalue weighted by atomic mass is 10.0. The number of hydrogen-bond acceptors (Lipinski definition) is 5. The van der Waals surface area contributed by atoms with Gasteiger partial charge in [0.05, 0.1) is 25.5 Å². The Bertz CT molecular complexity index is 842. The molecular formula is C16H18F2N2O4S. The number of hydroxylamine groups is 2. The van der Waals surface area contributed by atoms with Gasteiger partial charge in [0.25, 0.3) is 0 Å². The summed E-state index contributed by atoms with van der Waals surface area (Å²) in [6, 6.07) is 5.53. The molecule has 0 aliphatic carbocycles. The van der Waals surface area contributed by atoms with Crippen molar-refractivity contribution in [2.75, 3.05) is 20.7 Å². The number of sulfonamides is 1. The Labute approximate surface area is 144 Å². The highest BCUT2D eigenvalue weighted by molar-refractivity contribution is 7.89. The minimum absolute atomic E-state index is 0.0498. The molecule has 2 heterocycles. The van der Waals surface area contributed by atoms with Gasteiger partial charge in [0.15, 0.2) is 0 Å². The third kappa shape index (κ3) is 3.45. The SMILES string of the molecule is CN1OCC(S(=O)(=O)N(C)Cc2ccco2)C1c1ccc(F)cc1F. The van der Waals surface area contributed by atoms with Gasteiger partial charge in [-0.1, -0.05) is 6.07 Å². The van der Waals surface area contributed by atoms with Crippen LogP contribution in [0.2, 0.25) is 0 Å². The molecule has 2 atom stereocenters. The van der Waals surface area contributed by atoms with Crippen LogP contribution in [0.1, 0.15) is 17.4 Å². The van der Waals surface area contributed by atoms with Gasteiger partial charge in [-0.15, -0.1) is 0 Å². The summed E-state index contributed by atoms with van der Waals surface area (Å²) in [4.78, 5) is 5.33. The molecule has 25 heavy (non-hydrogen) atoms. The van der Waals surface area contributed by atoms with Gasteiger partial charge >= 0.3 is 0 Å². The topological polar surface area (TPSA) is 63.0 Å². The molecule has 0 radical (unpaired) electrons. The van der Waals surface area contributed by atoms with E-state index in [-0.39, 0.29) is 18.7 Å². The molecule has 1 aliphatic heterocycles. The highest BCUT2D eigenvalue weighted by atomic mass is 32.2. The van der Waals surface area contributed by atoms with Crippen molar-refractivity contribution >= 4 is 10.0 Å². The van der Waals surface area contributed by atoms with Gasteiger partial charge < -0.3 is 4.42 Å². The Hall–Kier alpha value is -1.81. The van der Waals surface area contributed by atoms with E-state index in [1.807, 2.05) is 0 Å². The average Bonchev–Trinajstić information content (AvgIpc) is 3.17.